The van der Waals surface area contributed by atoms with Gasteiger partial charge >= 0.3 is 0 Å². The lowest BCUT2D eigenvalue weighted by atomic mass is 10.3. The van der Waals surface area contributed by atoms with Crippen LogP contribution in [0.15, 0.2) is 18.2 Å². The summed E-state index contributed by atoms with van der Waals surface area (Å²) in [6.07, 6.45) is 1.97. The van der Waals surface area contributed by atoms with Gasteiger partial charge in [0.15, 0.2) is 0 Å². The number of alkyl halides is 1. The van der Waals surface area contributed by atoms with Crippen LogP contribution in [0.25, 0.3) is 11.0 Å². The summed E-state index contributed by atoms with van der Waals surface area (Å²) < 4.78 is 20.2. The number of halogens is 2. The normalized spacial score (nSPS) is 11.3. The largest absolute Gasteiger partial charge is 0.385 e. The summed E-state index contributed by atoms with van der Waals surface area (Å²) in [5, 5.41) is 0. The summed E-state index contributed by atoms with van der Waals surface area (Å²) in [5.74, 6) is 0.850. The first-order chi connectivity index (χ1) is 8.76. The topological polar surface area (TPSA) is 27.1 Å². The van der Waals surface area contributed by atoms with Crippen molar-refractivity contribution in [2.75, 3.05) is 13.7 Å². The molecular weight excluding hydrogens is 255 g/mol. The zero-order valence-electron chi connectivity index (χ0n) is 10.3. The second kappa shape index (κ2) is 6.16. The fourth-order valence-electron chi connectivity index (χ4n) is 2.02. The minimum absolute atomic E-state index is 0.271. The van der Waals surface area contributed by atoms with Crippen LogP contribution in [0.3, 0.4) is 0 Å². The maximum Gasteiger partial charge on any atom is 0.125 e. The van der Waals surface area contributed by atoms with Crippen molar-refractivity contribution in [1.29, 1.82) is 0 Å². The van der Waals surface area contributed by atoms with Gasteiger partial charge < -0.3 is 9.30 Å². The van der Waals surface area contributed by atoms with Crippen LogP contribution in [0, 0.1) is 5.82 Å². The quantitative estimate of drug-likeness (QED) is 0.595. The van der Waals surface area contributed by atoms with E-state index in [1.807, 2.05) is 0 Å². The van der Waals surface area contributed by atoms with Crippen molar-refractivity contribution >= 4 is 22.6 Å². The first kappa shape index (κ1) is 13.3. The molecule has 0 saturated heterocycles. The molecule has 0 N–H and O–H groups in total. The smallest absolute Gasteiger partial charge is 0.125 e. The van der Waals surface area contributed by atoms with Crippen LogP contribution in [0.4, 0.5) is 4.39 Å². The third-order valence-corrected chi connectivity index (χ3v) is 3.13. The summed E-state index contributed by atoms with van der Waals surface area (Å²) in [7, 11) is 1.69. The van der Waals surface area contributed by atoms with Gasteiger partial charge in [0, 0.05) is 26.3 Å². The van der Waals surface area contributed by atoms with E-state index in [9.17, 15) is 4.39 Å². The number of benzene rings is 1. The number of hydrogen-bond donors (Lipinski definition) is 0. The Morgan fingerprint density at radius 1 is 1.39 bits per heavy atom. The van der Waals surface area contributed by atoms with E-state index in [1.54, 1.807) is 13.2 Å². The van der Waals surface area contributed by atoms with Gasteiger partial charge in [-0.1, -0.05) is 0 Å². The molecule has 0 unspecified atom stereocenters. The zero-order valence-corrected chi connectivity index (χ0v) is 11.1. The highest BCUT2D eigenvalue weighted by atomic mass is 35.5. The minimum Gasteiger partial charge on any atom is -0.385 e. The summed E-state index contributed by atoms with van der Waals surface area (Å²) in [6.45, 7) is 1.57. The predicted molar refractivity (Wildman–Crippen MR) is 70.4 cm³/mol. The van der Waals surface area contributed by atoms with E-state index in [0.29, 0.717) is 11.4 Å². The Kier molecular flexibility index (Phi) is 4.55. The van der Waals surface area contributed by atoms with Gasteiger partial charge in [0.25, 0.3) is 0 Å². The van der Waals surface area contributed by atoms with E-state index >= 15 is 0 Å². The Labute approximate surface area is 111 Å². The SMILES string of the molecule is COCCCCn1c(CCl)nc2cc(F)ccc21. The highest BCUT2D eigenvalue weighted by molar-refractivity contribution is 6.16. The number of aromatic nitrogens is 2. The number of unbranched alkanes of at least 4 members (excludes halogenated alkanes) is 1. The molecule has 18 heavy (non-hydrogen) atoms. The van der Waals surface area contributed by atoms with Crippen molar-refractivity contribution < 1.29 is 9.13 Å². The highest BCUT2D eigenvalue weighted by Crippen LogP contribution is 2.19. The first-order valence-corrected chi connectivity index (χ1v) is 6.49. The van der Waals surface area contributed by atoms with Gasteiger partial charge in [-0.2, -0.15) is 0 Å². The van der Waals surface area contributed by atoms with E-state index < -0.39 is 0 Å². The van der Waals surface area contributed by atoms with Crippen molar-refractivity contribution in [2.45, 2.75) is 25.3 Å². The third-order valence-electron chi connectivity index (χ3n) is 2.89. The van der Waals surface area contributed by atoms with E-state index in [4.69, 9.17) is 16.3 Å². The molecule has 3 nitrogen and oxygen atoms in total. The molecule has 0 aliphatic heterocycles. The number of nitrogens with zero attached hydrogens (tertiary/aromatic N) is 2. The van der Waals surface area contributed by atoms with Crippen molar-refractivity contribution in [3.8, 4) is 0 Å². The van der Waals surface area contributed by atoms with Crippen LogP contribution in [-0.2, 0) is 17.2 Å². The lowest BCUT2D eigenvalue weighted by Gasteiger charge is -2.07. The van der Waals surface area contributed by atoms with Gasteiger partial charge in [0.1, 0.15) is 11.6 Å². The van der Waals surface area contributed by atoms with Gasteiger partial charge in [0.05, 0.1) is 16.9 Å². The molecule has 0 amide bonds. The second-order valence-electron chi connectivity index (χ2n) is 4.15. The average molecular weight is 271 g/mol. The molecule has 0 spiro atoms. The predicted octanol–water partition coefficient (Wildman–Crippen LogP) is 3.34. The molecule has 1 heterocycles. The number of aryl methyl sites for hydroxylation is 1. The maximum absolute atomic E-state index is 13.1. The van der Waals surface area contributed by atoms with E-state index in [2.05, 4.69) is 9.55 Å². The van der Waals surface area contributed by atoms with Gasteiger partial charge in [-0.15, -0.1) is 11.6 Å². The van der Waals surface area contributed by atoms with Gasteiger partial charge in [-0.05, 0) is 25.0 Å². The fourth-order valence-corrected chi connectivity index (χ4v) is 2.22. The van der Waals surface area contributed by atoms with Gasteiger partial charge in [-0.25, -0.2) is 9.37 Å². The molecule has 0 bridgehead atoms. The third kappa shape index (κ3) is 2.82. The molecule has 0 radical (unpaired) electrons. The fraction of sp³-hybridized carbons (Fsp3) is 0.462. The van der Waals surface area contributed by atoms with Crippen molar-refractivity contribution in [3.05, 3.63) is 29.8 Å². The van der Waals surface area contributed by atoms with Crippen LogP contribution in [0.5, 0.6) is 0 Å². The molecule has 1 aromatic carbocycles. The molecular formula is C13H16ClFN2O. The lowest BCUT2D eigenvalue weighted by Crippen LogP contribution is -2.03. The lowest BCUT2D eigenvalue weighted by molar-refractivity contribution is 0.191. The Morgan fingerprint density at radius 3 is 2.94 bits per heavy atom. The number of methoxy groups -OCH3 is 1. The van der Waals surface area contributed by atoms with Gasteiger partial charge in [-0.3, -0.25) is 0 Å². The molecule has 0 aliphatic rings. The Hall–Kier alpha value is -1.13. The number of fused-ring (bicyclic) bond motifs is 1. The Bertz CT molecular complexity index is 527. The average Bonchev–Trinajstić information content (AvgIpc) is 2.71. The van der Waals surface area contributed by atoms with Crippen LogP contribution in [0.1, 0.15) is 18.7 Å². The number of ether oxygens (including phenoxy) is 1. The molecule has 0 aliphatic carbocycles. The van der Waals surface area contributed by atoms with E-state index in [0.717, 1.165) is 37.3 Å². The number of rotatable bonds is 6. The molecule has 98 valence electrons. The molecule has 1 aromatic heterocycles. The summed E-state index contributed by atoms with van der Waals surface area (Å²) in [4.78, 5) is 4.35. The minimum atomic E-state index is -0.271. The van der Waals surface area contributed by atoms with E-state index in [-0.39, 0.29) is 5.82 Å². The van der Waals surface area contributed by atoms with Crippen molar-refractivity contribution in [3.63, 3.8) is 0 Å². The standard InChI is InChI=1S/C13H16ClFN2O/c1-18-7-3-2-6-17-12-5-4-10(15)8-11(12)16-13(17)9-14/h4-5,8H,2-3,6-7,9H2,1H3. The van der Waals surface area contributed by atoms with Crippen molar-refractivity contribution in [2.24, 2.45) is 0 Å². The number of hydrogen-bond acceptors (Lipinski definition) is 2. The summed E-state index contributed by atoms with van der Waals surface area (Å²) >= 11 is 5.88. The monoisotopic (exact) mass is 270 g/mol. The van der Waals surface area contributed by atoms with Crippen LogP contribution >= 0.6 is 11.6 Å². The molecule has 0 fully saturated rings. The van der Waals surface area contributed by atoms with Crippen molar-refractivity contribution in [1.82, 2.24) is 9.55 Å². The Balaban J connectivity index is 2.23. The maximum atomic E-state index is 13.1. The molecule has 5 heteroatoms. The zero-order chi connectivity index (χ0) is 13.0. The summed E-state index contributed by atoms with van der Waals surface area (Å²) in [6, 6.07) is 4.65. The first-order valence-electron chi connectivity index (χ1n) is 5.96. The molecule has 2 aromatic rings. The highest BCUT2D eigenvalue weighted by Gasteiger charge is 2.10. The van der Waals surface area contributed by atoms with E-state index in [1.165, 1.54) is 12.1 Å². The van der Waals surface area contributed by atoms with Crippen LogP contribution < -0.4 is 0 Å². The van der Waals surface area contributed by atoms with Crippen LogP contribution in [0.2, 0.25) is 0 Å². The molecule has 2 rings (SSSR count). The van der Waals surface area contributed by atoms with Gasteiger partial charge in [0.2, 0.25) is 0 Å². The van der Waals surface area contributed by atoms with Crippen LogP contribution in [-0.4, -0.2) is 23.3 Å². The Morgan fingerprint density at radius 2 is 2.22 bits per heavy atom. The summed E-state index contributed by atoms with van der Waals surface area (Å²) in [5.41, 5.74) is 1.60. The second-order valence-corrected chi connectivity index (χ2v) is 4.41. The molecule has 0 saturated carbocycles. The number of imidazole rings is 1. The molecule has 0 atom stereocenters.